The van der Waals surface area contributed by atoms with Crippen molar-refractivity contribution in [1.29, 1.82) is 0 Å². The van der Waals surface area contributed by atoms with E-state index in [0.717, 1.165) is 12.1 Å². The van der Waals surface area contributed by atoms with Crippen molar-refractivity contribution in [1.82, 2.24) is 10.1 Å². The van der Waals surface area contributed by atoms with Crippen molar-refractivity contribution in [2.75, 3.05) is 5.32 Å². The third kappa shape index (κ3) is 5.94. The van der Waals surface area contributed by atoms with Gasteiger partial charge < -0.3 is 9.84 Å². The molecule has 0 radical (unpaired) electrons. The minimum Gasteiger partial charge on any atom is -0.338 e. The monoisotopic (exact) mass is 449 g/mol. The highest BCUT2D eigenvalue weighted by Crippen LogP contribution is 2.31. The number of nitrogens with one attached hydrogen (secondary N) is 1. The quantitative estimate of drug-likeness (QED) is 0.498. The minimum atomic E-state index is -4.46. The van der Waals surface area contributed by atoms with Crippen LogP contribution < -0.4 is 5.32 Å². The lowest BCUT2D eigenvalue weighted by Crippen LogP contribution is -2.22. The average Bonchev–Trinajstić information content (AvgIpc) is 3.21. The number of carbonyl (C=O) groups excluding carboxylic acids is 2. The van der Waals surface area contributed by atoms with E-state index in [0.29, 0.717) is 11.3 Å². The van der Waals surface area contributed by atoms with Gasteiger partial charge in [0.25, 0.3) is 0 Å². The van der Waals surface area contributed by atoms with E-state index >= 15 is 0 Å². The van der Waals surface area contributed by atoms with Crippen LogP contribution in [0, 0.1) is 0 Å². The Hall–Kier alpha value is -3.14. The molecule has 1 N–H and O–H groups in total. The summed E-state index contributed by atoms with van der Waals surface area (Å²) in [5.41, 5.74) is 0.502. The second-order valence-electron chi connectivity index (χ2n) is 6.67. The lowest BCUT2D eigenvalue weighted by molar-refractivity contribution is -0.137. The van der Waals surface area contributed by atoms with E-state index in [4.69, 9.17) is 4.52 Å². The second-order valence-corrected chi connectivity index (χ2v) is 8.00. The van der Waals surface area contributed by atoms with Crippen LogP contribution in [0.2, 0.25) is 0 Å². The van der Waals surface area contributed by atoms with E-state index < -0.39 is 17.0 Å². The standard InChI is InChI=1S/C21H18F3N3O3S/c1-12(28)14-6-8-17(9-7-14)25-20(29)13(2)31-11-18-26-19(27-30-18)15-4-3-5-16(10-15)21(22,23)24/h3-10,13H,11H2,1-2H3,(H,25,29). The fraction of sp³-hybridized carbons (Fsp3) is 0.238. The molecule has 1 atom stereocenters. The molecule has 0 aliphatic carbocycles. The first kappa shape index (κ1) is 22.5. The number of halogens is 3. The molecule has 6 nitrogen and oxygen atoms in total. The summed E-state index contributed by atoms with van der Waals surface area (Å²) in [5.74, 6) is 0.139. The summed E-state index contributed by atoms with van der Waals surface area (Å²) in [5, 5.41) is 6.02. The number of Topliss-reactive ketones (excluding diaryl/α,β-unsaturated/α-hetero) is 1. The summed E-state index contributed by atoms with van der Waals surface area (Å²) >= 11 is 1.24. The number of thioether (sulfide) groups is 1. The van der Waals surface area contributed by atoms with Gasteiger partial charge in [0.2, 0.25) is 17.6 Å². The number of ketones is 1. The molecule has 2 aromatic carbocycles. The highest BCUT2D eigenvalue weighted by Gasteiger charge is 2.30. The lowest BCUT2D eigenvalue weighted by Gasteiger charge is -2.11. The van der Waals surface area contributed by atoms with Gasteiger partial charge in [-0.1, -0.05) is 17.3 Å². The SMILES string of the molecule is CC(=O)c1ccc(NC(=O)C(C)SCc2nc(-c3cccc(C(F)(F)F)c3)no2)cc1. The van der Waals surface area contributed by atoms with Crippen LogP contribution in [0.1, 0.15) is 35.7 Å². The molecule has 0 fully saturated rings. The molecule has 1 unspecified atom stereocenters. The first-order valence-electron chi connectivity index (χ1n) is 9.17. The zero-order valence-corrected chi connectivity index (χ0v) is 17.4. The molecule has 10 heteroatoms. The van der Waals surface area contributed by atoms with Crippen molar-refractivity contribution in [3.8, 4) is 11.4 Å². The van der Waals surface area contributed by atoms with Gasteiger partial charge in [-0.2, -0.15) is 18.2 Å². The predicted molar refractivity (Wildman–Crippen MR) is 111 cm³/mol. The number of carbonyl (C=O) groups is 2. The number of amides is 1. The van der Waals surface area contributed by atoms with Crippen LogP contribution in [0.25, 0.3) is 11.4 Å². The summed E-state index contributed by atoms with van der Waals surface area (Å²) in [4.78, 5) is 27.8. The molecule has 1 heterocycles. The van der Waals surface area contributed by atoms with Gasteiger partial charge in [0.1, 0.15) is 0 Å². The van der Waals surface area contributed by atoms with Crippen LogP contribution in [0.4, 0.5) is 18.9 Å². The van der Waals surface area contributed by atoms with Crippen molar-refractivity contribution in [2.45, 2.75) is 31.0 Å². The number of benzene rings is 2. The van der Waals surface area contributed by atoms with Gasteiger partial charge in [-0.15, -0.1) is 11.8 Å². The number of rotatable bonds is 7. The molecule has 1 aromatic heterocycles. The maximum Gasteiger partial charge on any atom is 0.416 e. The molecule has 0 aliphatic heterocycles. The van der Waals surface area contributed by atoms with Crippen molar-refractivity contribution in [2.24, 2.45) is 0 Å². The van der Waals surface area contributed by atoms with Gasteiger partial charge in [-0.05, 0) is 50.2 Å². The van der Waals surface area contributed by atoms with Crippen molar-refractivity contribution >= 4 is 29.1 Å². The fourth-order valence-electron chi connectivity index (χ4n) is 2.57. The van der Waals surface area contributed by atoms with Gasteiger partial charge in [-0.25, -0.2) is 0 Å². The van der Waals surface area contributed by atoms with Gasteiger partial charge in [0.15, 0.2) is 5.78 Å². The third-order valence-electron chi connectivity index (χ3n) is 4.30. The maximum atomic E-state index is 12.9. The summed E-state index contributed by atoms with van der Waals surface area (Å²) in [7, 11) is 0. The Bertz CT molecular complexity index is 1080. The molecule has 0 saturated heterocycles. The van der Waals surface area contributed by atoms with Gasteiger partial charge in [0.05, 0.1) is 16.6 Å². The number of aromatic nitrogens is 2. The van der Waals surface area contributed by atoms with E-state index in [-0.39, 0.29) is 34.7 Å². The summed E-state index contributed by atoms with van der Waals surface area (Å²) in [6.07, 6.45) is -4.46. The molecule has 3 rings (SSSR count). The van der Waals surface area contributed by atoms with E-state index in [9.17, 15) is 22.8 Å². The minimum absolute atomic E-state index is 0.0457. The first-order chi connectivity index (χ1) is 14.6. The number of anilines is 1. The molecule has 1 amide bonds. The van der Waals surface area contributed by atoms with Crippen LogP contribution >= 0.6 is 11.8 Å². The molecule has 0 aliphatic rings. The number of nitrogens with zero attached hydrogens (tertiary/aromatic N) is 2. The van der Waals surface area contributed by atoms with Gasteiger partial charge in [-0.3, -0.25) is 9.59 Å². The van der Waals surface area contributed by atoms with Crippen molar-refractivity contribution < 1.29 is 27.3 Å². The van der Waals surface area contributed by atoms with Gasteiger partial charge in [0, 0.05) is 16.8 Å². The lowest BCUT2D eigenvalue weighted by atomic mass is 10.1. The van der Waals surface area contributed by atoms with Crippen molar-refractivity contribution in [3.63, 3.8) is 0 Å². The van der Waals surface area contributed by atoms with Crippen LogP contribution in [0.5, 0.6) is 0 Å². The van der Waals surface area contributed by atoms with E-state index in [1.54, 1.807) is 31.2 Å². The second kappa shape index (κ2) is 9.34. The summed E-state index contributed by atoms with van der Waals surface area (Å²) in [6, 6.07) is 11.2. The zero-order valence-electron chi connectivity index (χ0n) is 16.6. The average molecular weight is 449 g/mol. The van der Waals surface area contributed by atoms with Crippen LogP contribution in [-0.2, 0) is 16.7 Å². The highest BCUT2D eigenvalue weighted by molar-refractivity contribution is 7.99. The largest absolute Gasteiger partial charge is 0.416 e. The molecule has 162 valence electrons. The Morgan fingerprint density at radius 2 is 1.87 bits per heavy atom. The molecule has 0 spiro atoms. The fourth-order valence-corrected chi connectivity index (χ4v) is 3.29. The van der Waals surface area contributed by atoms with Crippen molar-refractivity contribution in [3.05, 3.63) is 65.5 Å². The Morgan fingerprint density at radius 3 is 2.52 bits per heavy atom. The van der Waals surface area contributed by atoms with E-state index in [1.165, 1.54) is 30.8 Å². The smallest absolute Gasteiger partial charge is 0.338 e. The predicted octanol–water partition coefficient (Wildman–Crippen LogP) is 5.22. The molecule has 0 bridgehead atoms. The number of hydrogen-bond donors (Lipinski definition) is 1. The highest BCUT2D eigenvalue weighted by atomic mass is 32.2. The van der Waals surface area contributed by atoms with E-state index in [2.05, 4.69) is 15.5 Å². The zero-order chi connectivity index (χ0) is 22.6. The number of alkyl halides is 3. The van der Waals surface area contributed by atoms with E-state index in [1.807, 2.05) is 0 Å². The molecular formula is C21H18F3N3O3S. The Balaban J connectivity index is 1.57. The maximum absolute atomic E-state index is 12.9. The Morgan fingerprint density at radius 1 is 1.16 bits per heavy atom. The number of hydrogen-bond acceptors (Lipinski definition) is 6. The van der Waals surface area contributed by atoms with Gasteiger partial charge >= 0.3 is 6.18 Å². The Labute approximate surface area is 180 Å². The molecule has 31 heavy (non-hydrogen) atoms. The molecular weight excluding hydrogens is 431 g/mol. The topological polar surface area (TPSA) is 85.1 Å². The molecule has 3 aromatic rings. The first-order valence-corrected chi connectivity index (χ1v) is 10.2. The van der Waals surface area contributed by atoms with Crippen LogP contribution in [0.3, 0.4) is 0 Å². The molecule has 0 saturated carbocycles. The summed E-state index contributed by atoms with van der Waals surface area (Å²) in [6.45, 7) is 3.16. The van der Waals surface area contributed by atoms with Crippen LogP contribution in [0.15, 0.2) is 53.1 Å². The normalized spacial score (nSPS) is 12.4. The third-order valence-corrected chi connectivity index (χ3v) is 5.43. The Kier molecular flexibility index (Phi) is 6.79. The van der Waals surface area contributed by atoms with Crippen LogP contribution in [-0.4, -0.2) is 27.1 Å². The summed E-state index contributed by atoms with van der Waals surface area (Å²) < 4.78 is 43.7.